The zero-order valence-corrected chi connectivity index (χ0v) is 18.4. The number of amides is 1. The average Bonchev–Trinajstić information content (AvgIpc) is 3.43. The lowest BCUT2D eigenvalue weighted by Gasteiger charge is -2.36. The summed E-state index contributed by atoms with van der Waals surface area (Å²) in [7, 11) is 0. The fourth-order valence-corrected chi connectivity index (χ4v) is 4.92. The molecule has 2 aromatic rings. The summed E-state index contributed by atoms with van der Waals surface area (Å²) >= 11 is 0. The number of carboxylic acid groups (broad SMARTS) is 1. The van der Waals surface area contributed by atoms with Gasteiger partial charge in [-0.2, -0.15) is 4.98 Å². The number of carbonyl (C=O) groups excluding carboxylic acids is 1. The molecule has 0 aliphatic carbocycles. The number of fused-ring (bicyclic) bond motifs is 3. The minimum Gasteiger partial charge on any atom is -0.483 e. The summed E-state index contributed by atoms with van der Waals surface area (Å²) in [5.41, 5.74) is 0.529. The second-order valence-electron chi connectivity index (χ2n) is 8.89. The second-order valence-corrected chi connectivity index (χ2v) is 8.89. The molecule has 5 heterocycles. The number of piperidine rings is 1. The highest BCUT2D eigenvalue weighted by molar-refractivity contribution is 5.93. The Labute approximate surface area is 186 Å². The van der Waals surface area contributed by atoms with Crippen molar-refractivity contribution < 1.29 is 24.3 Å². The molecule has 11 nitrogen and oxygen atoms in total. The van der Waals surface area contributed by atoms with E-state index in [2.05, 4.69) is 24.6 Å². The van der Waals surface area contributed by atoms with Gasteiger partial charge in [-0.15, -0.1) is 0 Å². The predicted molar refractivity (Wildman–Crippen MR) is 113 cm³/mol. The van der Waals surface area contributed by atoms with E-state index in [-0.39, 0.29) is 36.5 Å². The summed E-state index contributed by atoms with van der Waals surface area (Å²) < 4.78 is 7.51. The molecule has 11 heteroatoms. The first-order valence-corrected chi connectivity index (χ1v) is 11.1. The van der Waals surface area contributed by atoms with Gasteiger partial charge in [-0.05, 0) is 25.7 Å². The molecule has 3 atom stereocenters. The number of carbonyl (C=O) groups is 2. The third-order valence-electron chi connectivity index (χ3n) is 6.46. The van der Waals surface area contributed by atoms with Crippen LogP contribution in [-0.2, 0) is 17.8 Å². The van der Waals surface area contributed by atoms with Crippen molar-refractivity contribution in [1.82, 2.24) is 24.6 Å². The Bertz CT molecular complexity index is 917. The van der Waals surface area contributed by atoms with Crippen molar-refractivity contribution in [2.75, 3.05) is 18.0 Å². The van der Waals surface area contributed by atoms with Crippen molar-refractivity contribution in [3.05, 3.63) is 23.5 Å². The van der Waals surface area contributed by atoms with E-state index in [4.69, 9.17) is 14.4 Å². The molecule has 3 aliphatic rings. The highest BCUT2D eigenvalue weighted by atomic mass is 16.5. The molecule has 0 aromatic carbocycles. The molecule has 5 rings (SSSR count). The monoisotopic (exact) mass is 446 g/mol. The first kappa shape index (κ1) is 22.3. The number of aliphatic hydroxyl groups excluding tert-OH is 1. The molecule has 2 saturated heterocycles. The average molecular weight is 447 g/mol. The van der Waals surface area contributed by atoms with Crippen LogP contribution in [0.5, 0.6) is 0 Å². The van der Waals surface area contributed by atoms with Crippen LogP contribution < -0.4 is 4.90 Å². The van der Waals surface area contributed by atoms with Gasteiger partial charge in [-0.1, -0.05) is 19.0 Å². The van der Waals surface area contributed by atoms with Gasteiger partial charge in [-0.25, -0.2) is 4.98 Å². The van der Waals surface area contributed by atoms with Crippen molar-refractivity contribution in [2.45, 2.75) is 76.6 Å². The lowest BCUT2D eigenvalue weighted by Crippen LogP contribution is -2.48. The van der Waals surface area contributed by atoms with Crippen LogP contribution in [0.15, 0.2) is 10.7 Å². The zero-order valence-electron chi connectivity index (χ0n) is 18.4. The van der Waals surface area contributed by atoms with Gasteiger partial charge in [0.15, 0.2) is 5.82 Å². The van der Waals surface area contributed by atoms with Crippen molar-refractivity contribution in [1.29, 1.82) is 0 Å². The van der Waals surface area contributed by atoms with E-state index in [1.807, 2.05) is 24.9 Å². The maximum Gasteiger partial charge on any atom is 0.324 e. The molecule has 32 heavy (non-hydrogen) atoms. The van der Waals surface area contributed by atoms with E-state index in [1.54, 1.807) is 0 Å². The SMILES string of the molecule is CC(C)c1noc(N2CCc3nc(C(=O)N4[C@@H]5CC[C@H]4CC(O)C5)cn3CC2)n1.O=CO. The molecular formula is C21H30N6O5. The number of aromatic nitrogens is 4. The third kappa shape index (κ3) is 4.34. The number of aliphatic hydroxyl groups is 1. The second kappa shape index (κ2) is 9.27. The molecule has 2 N–H and O–H groups in total. The fraction of sp³-hybridized carbons (Fsp3) is 0.667. The fourth-order valence-electron chi connectivity index (χ4n) is 4.92. The maximum atomic E-state index is 13.1. The molecule has 1 amide bonds. The van der Waals surface area contributed by atoms with Crippen molar-refractivity contribution in [3.63, 3.8) is 0 Å². The molecule has 0 spiro atoms. The quantitative estimate of drug-likeness (QED) is 0.668. The minimum atomic E-state index is -0.276. The molecular weight excluding hydrogens is 416 g/mol. The molecule has 1 unspecified atom stereocenters. The van der Waals surface area contributed by atoms with Crippen LogP contribution in [0, 0.1) is 0 Å². The Morgan fingerprint density at radius 2 is 1.88 bits per heavy atom. The molecule has 2 bridgehead atoms. The Kier molecular flexibility index (Phi) is 6.45. The Hall–Kier alpha value is -2.95. The van der Waals surface area contributed by atoms with Crippen LogP contribution in [0.4, 0.5) is 6.01 Å². The van der Waals surface area contributed by atoms with Crippen molar-refractivity contribution >= 4 is 18.4 Å². The number of nitrogens with zero attached hydrogens (tertiary/aromatic N) is 6. The largest absolute Gasteiger partial charge is 0.483 e. The summed E-state index contributed by atoms with van der Waals surface area (Å²) in [4.78, 5) is 34.7. The van der Waals surface area contributed by atoms with E-state index < -0.39 is 0 Å². The molecule has 2 fully saturated rings. The highest BCUT2D eigenvalue weighted by Crippen LogP contribution is 2.36. The van der Waals surface area contributed by atoms with E-state index >= 15 is 0 Å². The smallest absolute Gasteiger partial charge is 0.324 e. The van der Waals surface area contributed by atoms with Crippen molar-refractivity contribution in [2.24, 2.45) is 0 Å². The van der Waals surface area contributed by atoms with Gasteiger partial charge in [-0.3, -0.25) is 9.59 Å². The van der Waals surface area contributed by atoms with Crippen LogP contribution in [-0.4, -0.2) is 78.5 Å². The summed E-state index contributed by atoms with van der Waals surface area (Å²) in [5, 5.41) is 20.9. The Morgan fingerprint density at radius 1 is 1.19 bits per heavy atom. The molecule has 0 saturated carbocycles. The molecule has 2 aromatic heterocycles. The zero-order chi connectivity index (χ0) is 22.8. The van der Waals surface area contributed by atoms with Gasteiger partial charge in [0.05, 0.1) is 6.10 Å². The number of imidazole rings is 1. The summed E-state index contributed by atoms with van der Waals surface area (Å²) in [6.45, 7) is 6.02. The van der Waals surface area contributed by atoms with Crippen LogP contribution in [0.1, 0.15) is 67.6 Å². The van der Waals surface area contributed by atoms with Gasteiger partial charge < -0.3 is 29.1 Å². The highest BCUT2D eigenvalue weighted by Gasteiger charge is 2.43. The van der Waals surface area contributed by atoms with Gasteiger partial charge in [0.25, 0.3) is 12.4 Å². The first-order valence-electron chi connectivity index (χ1n) is 11.1. The molecule has 174 valence electrons. The number of anilines is 1. The van der Waals surface area contributed by atoms with Crippen LogP contribution >= 0.6 is 0 Å². The topological polar surface area (TPSA) is 138 Å². The predicted octanol–water partition coefficient (Wildman–Crippen LogP) is 1.28. The van der Waals surface area contributed by atoms with Gasteiger partial charge in [0.1, 0.15) is 11.5 Å². The van der Waals surface area contributed by atoms with Gasteiger partial charge >= 0.3 is 6.01 Å². The first-order chi connectivity index (χ1) is 15.4. The minimum absolute atomic E-state index is 0.0142. The van der Waals surface area contributed by atoms with Crippen LogP contribution in [0.25, 0.3) is 0 Å². The number of hydrogen-bond donors (Lipinski definition) is 2. The third-order valence-corrected chi connectivity index (χ3v) is 6.46. The Balaban J connectivity index is 0.000000775. The van der Waals surface area contributed by atoms with Crippen LogP contribution in [0.2, 0.25) is 0 Å². The van der Waals surface area contributed by atoms with Crippen molar-refractivity contribution in [3.8, 4) is 0 Å². The molecule has 0 radical (unpaired) electrons. The number of hydrogen-bond acceptors (Lipinski definition) is 8. The lowest BCUT2D eigenvalue weighted by atomic mass is 9.99. The van der Waals surface area contributed by atoms with Crippen LogP contribution in [0.3, 0.4) is 0 Å². The van der Waals surface area contributed by atoms with E-state index in [9.17, 15) is 9.90 Å². The van der Waals surface area contributed by atoms with Gasteiger partial charge in [0.2, 0.25) is 0 Å². The number of rotatable bonds is 3. The lowest BCUT2D eigenvalue weighted by molar-refractivity contribution is -0.122. The maximum absolute atomic E-state index is 13.1. The summed E-state index contributed by atoms with van der Waals surface area (Å²) in [6.07, 6.45) is 5.68. The standard InChI is InChI=1S/C20H28N6O3.CH2O2/c1-12(2)18-22-20(29-23-18)24-6-5-17-21-16(11-25(17)8-7-24)19(28)26-13-3-4-14(26)10-15(27)9-13;2-1-3/h11-15,27H,3-10H2,1-2H3;1H,(H,2,3)/t13-,14+,15?;. The Morgan fingerprint density at radius 3 is 2.50 bits per heavy atom. The summed E-state index contributed by atoms with van der Waals surface area (Å²) in [6, 6.07) is 0.862. The van der Waals surface area contributed by atoms with Gasteiger partial charge in [0, 0.05) is 50.3 Å². The normalized spacial score (nSPS) is 24.6. The van der Waals surface area contributed by atoms with E-state index in [0.717, 1.165) is 50.5 Å². The van der Waals surface area contributed by atoms with E-state index in [1.165, 1.54) is 0 Å². The summed E-state index contributed by atoms with van der Waals surface area (Å²) in [5.74, 6) is 1.88. The molecule has 3 aliphatic heterocycles. The van der Waals surface area contributed by atoms with E-state index in [0.29, 0.717) is 24.6 Å².